The second kappa shape index (κ2) is 3.43. The summed E-state index contributed by atoms with van der Waals surface area (Å²) in [6.07, 6.45) is 0.0913. The molecule has 0 unspecified atom stereocenters. The zero-order valence-corrected chi connectivity index (χ0v) is 7.78. The Morgan fingerprint density at radius 1 is 1.54 bits per heavy atom. The van der Waals surface area contributed by atoms with E-state index in [0.717, 1.165) is 13.2 Å². The van der Waals surface area contributed by atoms with Crippen LogP contribution in [0.5, 0.6) is 0 Å². The van der Waals surface area contributed by atoms with Crippen LogP contribution in [0.3, 0.4) is 0 Å². The number of morpholine rings is 1. The van der Waals surface area contributed by atoms with Crippen molar-refractivity contribution in [2.24, 2.45) is 0 Å². The van der Waals surface area contributed by atoms with Crippen molar-refractivity contribution in [1.82, 2.24) is 15.5 Å². The Hall–Kier alpha value is -0.940. The molecular formula is C8H13N3O2. The molecule has 0 saturated carbocycles. The molecule has 13 heavy (non-hydrogen) atoms. The summed E-state index contributed by atoms with van der Waals surface area (Å²) in [5, 5.41) is 7.02. The van der Waals surface area contributed by atoms with Crippen molar-refractivity contribution in [3.63, 3.8) is 0 Å². The van der Waals surface area contributed by atoms with Crippen molar-refractivity contribution in [2.75, 3.05) is 13.2 Å². The molecule has 1 aliphatic heterocycles. The second-order valence-corrected chi connectivity index (χ2v) is 3.19. The highest BCUT2D eigenvalue weighted by Gasteiger charge is 2.27. The molecule has 1 fully saturated rings. The number of nitrogens with one attached hydrogen (secondary N) is 1. The number of nitrogens with zero attached hydrogens (tertiary/aromatic N) is 2. The molecule has 1 aliphatic rings. The molecule has 0 aliphatic carbocycles. The Bertz CT molecular complexity index is 287. The van der Waals surface area contributed by atoms with Crippen LogP contribution >= 0.6 is 0 Å². The van der Waals surface area contributed by atoms with E-state index in [4.69, 9.17) is 9.26 Å². The van der Waals surface area contributed by atoms with Crippen LogP contribution in [-0.2, 0) is 4.74 Å². The van der Waals surface area contributed by atoms with E-state index in [1.165, 1.54) is 0 Å². The Labute approximate surface area is 76.5 Å². The molecule has 2 rings (SSSR count). The highest BCUT2D eigenvalue weighted by atomic mass is 16.5. The standard InChI is InChI=1S/C8H13N3O2/c1-5-7(9-3-4-12-5)8-10-6(2)11-13-8/h5,7,9H,3-4H2,1-2H3/t5-,7+/m1/s1. The predicted octanol–water partition coefficient (Wildman–Crippen LogP) is 0.427. The number of rotatable bonds is 1. The molecule has 5 nitrogen and oxygen atoms in total. The molecule has 2 heterocycles. The highest BCUT2D eigenvalue weighted by Crippen LogP contribution is 2.19. The van der Waals surface area contributed by atoms with Crippen LogP contribution in [0.1, 0.15) is 24.7 Å². The summed E-state index contributed by atoms with van der Waals surface area (Å²) in [6.45, 7) is 5.37. The minimum Gasteiger partial charge on any atom is -0.375 e. The van der Waals surface area contributed by atoms with Gasteiger partial charge in [-0.05, 0) is 13.8 Å². The minimum absolute atomic E-state index is 0.0370. The van der Waals surface area contributed by atoms with Gasteiger partial charge in [-0.1, -0.05) is 5.16 Å². The number of hydrogen-bond acceptors (Lipinski definition) is 5. The summed E-state index contributed by atoms with van der Waals surface area (Å²) >= 11 is 0. The van der Waals surface area contributed by atoms with E-state index in [1.807, 2.05) is 6.92 Å². The number of aryl methyl sites for hydroxylation is 1. The van der Waals surface area contributed by atoms with Gasteiger partial charge in [-0.2, -0.15) is 4.98 Å². The van der Waals surface area contributed by atoms with Crippen molar-refractivity contribution in [3.8, 4) is 0 Å². The summed E-state index contributed by atoms with van der Waals surface area (Å²) in [7, 11) is 0. The maximum absolute atomic E-state index is 5.46. The van der Waals surface area contributed by atoms with Gasteiger partial charge in [0.15, 0.2) is 5.82 Å². The fourth-order valence-electron chi connectivity index (χ4n) is 1.45. The zero-order valence-electron chi connectivity index (χ0n) is 7.78. The topological polar surface area (TPSA) is 60.2 Å². The van der Waals surface area contributed by atoms with Crippen molar-refractivity contribution in [2.45, 2.75) is 26.0 Å². The number of ether oxygens (including phenoxy) is 1. The lowest BCUT2D eigenvalue weighted by molar-refractivity contribution is -0.00136. The van der Waals surface area contributed by atoms with Gasteiger partial charge in [-0.15, -0.1) is 0 Å². The molecule has 72 valence electrons. The van der Waals surface area contributed by atoms with E-state index in [9.17, 15) is 0 Å². The molecule has 0 radical (unpaired) electrons. The summed E-state index contributed by atoms with van der Waals surface area (Å²) in [5.41, 5.74) is 0. The first kappa shape index (κ1) is 8.65. The minimum atomic E-state index is 0.0370. The van der Waals surface area contributed by atoms with Gasteiger partial charge in [0.25, 0.3) is 0 Å². The fourth-order valence-corrected chi connectivity index (χ4v) is 1.45. The zero-order chi connectivity index (χ0) is 9.26. The molecule has 0 spiro atoms. The first-order valence-corrected chi connectivity index (χ1v) is 4.42. The van der Waals surface area contributed by atoms with Crippen molar-refractivity contribution >= 4 is 0 Å². The molecule has 1 aromatic heterocycles. The Morgan fingerprint density at radius 2 is 2.38 bits per heavy atom. The summed E-state index contributed by atoms with van der Waals surface area (Å²) < 4.78 is 10.5. The maximum atomic E-state index is 5.46. The summed E-state index contributed by atoms with van der Waals surface area (Å²) in [4.78, 5) is 4.16. The SMILES string of the molecule is Cc1noc([C@H]2NCCO[C@@H]2C)n1. The maximum Gasteiger partial charge on any atom is 0.246 e. The van der Waals surface area contributed by atoms with Crippen LogP contribution in [-0.4, -0.2) is 29.4 Å². The van der Waals surface area contributed by atoms with E-state index in [0.29, 0.717) is 11.7 Å². The third kappa shape index (κ3) is 1.71. The Kier molecular flexibility index (Phi) is 2.28. The normalized spacial score (nSPS) is 29.1. The first-order chi connectivity index (χ1) is 6.27. The van der Waals surface area contributed by atoms with Gasteiger partial charge >= 0.3 is 0 Å². The molecule has 1 N–H and O–H groups in total. The van der Waals surface area contributed by atoms with Crippen LogP contribution in [0.2, 0.25) is 0 Å². The fraction of sp³-hybridized carbons (Fsp3) is 0.750. The van der Waals surface area contributed by atoms with Gasteiger partial charge in [0.1, 0.15) is 6.04 Å². The van der Waals surface area contributed by atoms with Crippen LogP contribution in [0.4, 0.5) is 0 Å². The average Bonchev–Trinajstić information content (AvgIpc) is 2.53. The third-order valence-corrected chi connectivity index (χ3v) is 2.13. The molecule has 5 heteroatoms. The molecule has 0 bridgehead atoms. The molecule has 2 atom stereocenters. The van der Waals surface area contributed by atoms with Crippen LogP contribution < -0.4 is 5.32 Å². The van der Waals surface area contributed by atoms with Crippen LogP contribution in [0.15, 0.2) is 4.52 Å². The number of hydrogen-bond donors (Lipinski definition) is 1. The molecule has 0 aromatic carbocycles. The van der Waals surface area contributed by atoms with Crippen LogP contribution in [0, 0.1) is 6.92 Å². The Balaban J connectivity index is 2.14. The van der Waals surface area contributed by atoms with Crippen molar-refractivity contribution < 1.29 is 9.26 Å². The molecular weight excluding hydrogens is 170 g/mol. The lowest BCUT2D eigenvalue weighted by atomic mass is 10.1. The quantitative estimate of drug-likeness (QED) is 0.684. The lowest BCUT2D eigenvalue weighted by Crippen LogP contribution is -2.40. The summed E-state index contributed by atoms with van der Waals surface area (Å²) in [6, 6.07) is 0.0370. The molecule has 1 saturated heterocycles. The van der Waals surface area contributed by atoms with Gasteiger partial charge in [0.2, 0.25) is 5.89 Å². The van der Waals surface area contributed by atoms with Crippen molar-refractivity contribution in [3.05, 3.63) is 11.7 Å². The van der Waals surface area contributed by atoms with Crippen LogP contribution in [0.25, 0.3) is 0 Å². The largest absolute Gasteiger partial charge is 0.375 e. The van der Waals surface area contributed by atoms with Gasteiger partial charge in [0.05, 0.1) is 12.7 Å². The lowest BCUT2D eigenvalue weighted by Gasteiger charge is -2.27. The molecule has 1 aromatic rings. The van der Waals surface area contributed by atoms with Gasteiger partial charge in [-0.25, -0.2) is 0 Å². The second-order valence-electron chi connectivity index (χ2n) is 3.19. The third-order valence-electron chi connectivity index (χ3n) is 2.13. The van der Waals surface area contributed by atoms with Gasteiger partial charge in [0, 0.05) is 6.54 Å². The van der Waals surface area contributed by atoms with E-state index < -0.39 is 0 Å². The van der Waals surface area contributed by atoms with E-state index >= 15 is 0 Å². The average molecular weight is 183 g/mol. The summed E-state index contributed by atoms with van der Waals surface area (Å²) in [5.74, 6) is 1.28. The number of aromatic nitrogens is 2. The van der Waals surface area contributed by atoms with Crippen molar-refractivity contribution in [1.29, 1.82) is 0 Å². The monoisotopic (exact) mass is 183 g/mol. The molecule has 0 amide bonds. The van der Waals surface area contributed by atoms with E-state index in [1.54, 1.807) is 6.92 Å². The van der Waals surface area contributed by atoms with Gasteiger partial charge < -0.3 is 14.6 Å². The first-order valence-electron chi connectivity index (χ1n) is 4.42. The van der Waals surface area contributed by atoms with Gasteiger partial charge in [-0.3, -0.25) is 0 Å². The Morgan fingerprint density at radius 3 is 3.00 bits per heavy atom. The predicted molar refractivity (Wildman–Crippen MR) is 45.2 cm³/mol. The van der Waals surface area contributed by atoms with E-state index in [-0.39, 0.29) is 12.1 Å². The van der Waals surface area contributed by atoms with E-state index in [2.05, 4.69) is 15.5 Å². The smallest absolute Gasteiger partial charge is 0.246 e. The highest BCUT2D eigenvalue weighted by molar-refractivity contribution is 4.95.